The molecule has 3 rings (SSSR count). The highest BCUT2D eigenvalue weighted by molar-refractivity contribution is 7.91. The lowest BCUT2D eigenvalue weighted by molar-refractivity contribution is -0.212. The molecule has 1 aromatic rings. The van der Waals surface area contributed by atoms with Gasteiger partial charge >= 0.3 is 0 Å². The Kier molecular flexibility index (Phi) is 6.41. The third-order valence-corrected chi connectivity index (χ3v) is 7.71. The zero-order valence-electron chi connectivity index (χ0n) is 15.9. The molecule has 1 aromatic carbocycles. The van der Waals surface area contributed by atoms with Crippen LogP contribution in [-0.2, 0) is 19.3 Å². The second-order valence-electron chi connectivity index (χ2n) is 7.78. The summed E-state index contributed by atoms with van der Waals surface area (Å²) in [6.45, 7) is 3.47. The van der Waals surface area contributed by atoms with Gasteiger partial charge in [0.1, 0.15) is 0 Å². The highest BCUT2D eigenvalue weighted by Gasteiger charge is 2.62. The molecule has 1 aliphatic heterocycles. The largest absolute Gasteiger partial charge is 0.347 e. The van der Waals surface area contributed by atoms with Gasteiger partial charge in [-0.15, -0.1) is 0 Å². The molecule has 0 spiro atoms. The molecular formula is C21H32O4S. The van der Waals surface area contributed by atoms with Crippen LogP contribution in [-0.4, -0.2) is 33.2 Å². The average Bonchev–Trinajstić information content (AvgIpc) is 3.31. The number of unbranched alkanes of at least 4 members (excludes halogenated alkanes) is 4. The SMILES string of the molecule is CCCCCCCC1(C2(CCS(=O)(=O)c3ccccc3)CC2)OCCO1. The Morgan fingerprint density at radius 1 is 0.923 bits per heavy atom. The van der Waals surface area contributed by atoms with Crippen molar-refractivity contribution in [3.63, 3.8) is 0 Å². The minimum Gasteiger partial charge on any atom is -0.347 e. The van der Waals surface area contributed by atoms with Crippen molar-refractivity contribution < 1.29 is 17.9 Å². The molecule has 0 radical (unpaired) electrons. The molecule has 0 unspecified atom stereocenters. The van der Waals surface area contributed by atoms with E-state index in [-0.39, 0.29) is 11.2 Å². The maximum absolute atomic E-state index is 12.7. The van der Waals surface area contributed by atoms with Gasteiger partial charge in [0, 0.05) is 11.8 Å². The minimum absolute atomic E-state index is 0.115. The van der Waals surface area contributed by atoms with Gasteiger partial charge in [0.05, 0.1) is 23.9 Å². The molecule has 0 aromatic heterocycles. The molecule has 1 saturated heterocycles. The van der Waals surface area contributed by atoms with Crippen LogP contribution in [0.4, 0.5) is 0 Å². The van der Waals surface area contributed by atoms with Crippen LogP contribution in [0.5, 0.6) is 0 Å². The molecule has 0 N–H and O–H groups in total. The highest BCUT2D eigenvalue weighted by Crippen LogP contribution is 2.61. The van der Waals surface area contributed by atoms with Crippen molar-refractivity contribution in [1.29, 1.82) is 0 Å². The van der Waals surface area contributed by atoms with E-state index in [0.717, 1.165) is 25.7 Å². The minimum atomic E-state index is -3.25. The molecule has 5 heteroatoms. The first-order valence-electron chi connectivity index (χ1n) is 10.1. The zero-order chi connectivity index (χ0) is 18.5. The Balaban J connectivity index is 1.62. The van der Waals surface area contributed by atoms with Crippen LogP contribution in [0, 0.1) is 5.41 Å². The van der Waals surface area contributed by atoms with E-state index in [1.165, 1.54) is 25.7 Å². The lowest BCUT2D eigenvalue weighted by atomic mass is 9.87. The van der Waals surface area contributed by atoms with Gasteiger partial charge in [0.2, 0.25) is 0 Å². The first kappa shape index (κ1) is 19.8. The van der Waals surface area contributed by atoms with Gasteiger partial charge in [-0.1, -0.05) is 50.8 Å². The van der Waals surface area contributed by atoms with Crippen LogP contribution in [0.25, 0.3) is 0 Å². The Morgan fingerprint density at radius 3 is 2.19 bits per heavy atom. The molecule has 0 atom stereocenters. The summed E-state index contributed by atoms with van der Waals surface area (Å²) < 4.78 is 37.6. The lowest BCUT2D eigenvalue weighted by Gasteiger charge is -2.36. The van der Waals surface area contributed by atoms with Crippen molar-refractivity contribution in [2.24, 2.45) is 5.41 Å². The van der Waals surface area contributed by atoms with Crippen molar-refractivity contribution in [1.82, 2.24) is 0 Å². The molecule has 1 aliphatic carbocycles. The standard InChI is InChI=1S/C21H32O4S/c1-2-3-4-5-9-12-21(24-16-17-25-21)20(13-14-20)15-18-26(22,23)19-10-7-6-8-11-19/h6-8,10-11H,2-5,9,12-18H2,1H3. The normalized spacial score (nSPS) is 21.0. The van der Waals surface area contributed by atoms with Crippen molar-refractivity contribution >= 4 is 9.84 Å². The topological polar surface area (TPSA) is 52.6 Å². The van der Waals surface area contributed by atoms with E-state index >= 15 is 0 Å². The second-order valence-corrected chi connectivity index (χ2v) is 9.89. The highest BCUT2D eigenvalue weighted by atomic mass is 32.2. The van der Waals surface area contributed by atoms with Crippen LogP contribution in [0.2, 0.25) is 0 Å². The summed E-state index contributed by atoms with van der Waals surface area (Å²) in [6, 6.07) is 8.76. The predicted molar refractivity (Wildman–Crippen MR) is 103 cm³/mol. The second kappa shape index (κ2) is 8.41. The van der Waals surface area contributed by atoms with Gasteiger partial charge < -0.3 is 9.47 Å². The molecule has 1 saturated carbocycles. The lowest BCUT2D eigenvalue weighted by Crippen LogP contribution is -2.42. The van der Waals surface area contributed by atoms with Crippen molar-refractivity contribution in [2.75, 3.05) is 19.0 Å². The Morgan fingerprint density at radius 2 is 1.58 bits per heavy atom. The molecule has 0 bridgehead atoms. The van der Waals surface area contributed by atoms with Gasteiger partial charge in [0.25, 0.3) is 0 Å². The van der Waals surface area contributed by atoms with Crippen molar-refractivity contribution in [3.05, 3.63) is 30.3 Å². The molecule has 26 heavy (non-hydrogen) atoms. The smallest absolute Gasteiger partial charge is 0.178 e. The van der Waals surface area contributed by atoms with E-state index in [1.807, 2.05) is 6.07 Å². The van der Waals surface area contributed by atoms with Gasteiger partial charge in [0.15, 0.2) is 15.6 Å². The predicted octanol–water partition coefficient (Wildman–Crippen LogP) is 4.73. The maximum Gasteiger partial charge on any atom is 0.178 e. The number of sulfone groups is 1. The Labute approximate surface area is 158 Å². The summed E-state index contributed by atoms with van der Waals surface area (Å²) in [5, 5.41) is 0. The first-order valence-corrected chi connectivity index (χ1v) is 11.7. The summed E-state index contributed by atoms with van der Waals surface area (Å²) in [7, 11) is -3.25. The van der Waals surface area contributed by atoms with Crippen molar-refractivity contribution in [3.8, 4) is 0 Å². The first-order chi connectivity index (χ1) is 12.5. The fourth-order valence-electron chi connectivity index (χ4n) is 4.18. The quantitative estimate of drug-likeness (QED) is 0.521. The fraction of sp³-hybridized carbons (Fsp3) is 0.714. The molecule has 2 aliphatic rings. The van der Waals surface area contributed by atoms with Crippen LogP contribution in [0.15, 0.2) is 35.2 Å². The van der Waals surface area contributed by atoms with Crippen LogP contribution in [0.3, 0.4) is 0 Å². The van der Waals surface area contributed by atoms with Gasteiger partial charge in [-0.25, -0.2) is 8.42 Å². The molecule has 1 heterocycles. The summed E-state index contributed by atoms with van der Waals surface area (Å²) in [5.41, 5.74) is -0.115. The molecular weight excluding hydrogens is 348 g/mol. The third-order valence-electron chi connectivity index (χ3n) is 5.98. The monoisotopic (exact) mass is 380 g/mol. The Hall–Kier alpha value is -0.910. The number of hydrogen-bond acceptors (Lipinski definition) is 4. The number of ether oxygens (including phenoxy) is 2. The summed E-state index contributed by atoms with van der Waals surface area (Å²) in [5.74, 6) is -0.382. The number of rotatable bonds is 11. The molecule has 2 fully saturated rings. The summed E-state index contributed by atoms with van der Waals surface area (Å²) in [6.07, 6.45) is 9.57. The summed E-state index contributed by atoms with van der Waals surface area (Å²) >= 11 is 0. The number of hydrogen-bond donors (Lipinski definition) is 0. The van der Waals surface area contributed by atoms with Gasteiger partial charge in [-0.2, -0.15) is 0 Å². The van der Waals surface area contributed by atoms with Crippen molar-refractivity contribution in [2.45, 2.75) is 75.4 Å². The van der Waals surface area contributed by atoms with E-state index in [9.17, 15) is 8.42 Å². The van der Waals surface area contributed by atoms with Crippen LogP contribution in [0.1, 0.15) is 64.7 Å². The summed E-state index contributed by atoms with van der Waals surface area (Å²) in [4.78, 5) is 0.415. The van der Waals surface area contributed by atoms with E-state index in [0.29, 0.717) is 24.5 Å². The molecule has 0 amide bonds. The van der Waals surface area contributed by atoms with Crippen LogP contribution >= 0.6 is 0 Å². The van der Waals surface area contributed by atoms with E-state index in [2.05, 4.69) is 6.92 Å². The van der Waals surface area contributed by atoms with Crippen LogP contribution < -0.4 is 0 Å². The fourth-order valence-corrected chi connectivity index (χ4v) is 5.65. The Bertz CT molecular complexity index is 659. The van der Waals surface area contributed by atoms with Gasteiger partial charge in [-0.3, -0.25) is 0 Å². The average molecular weight is 381 g/mol. The van der Waals surface area contributed by atoms with E-state index in [1.54, 1.807) is 24.3 Å². The van der Waals surface area contributed by atoms with E-state index in [4.69, 9.17) is 9.47 Å². The third kappa shape index (κ3) is 4.32. The zero-order valence-corrected chi connectivity index (χ0v) is 16.7. The number of benzene rings is 1. The van der Waals surface area contributed by atoms with Gasteiger partial charge in [-0.05, 0) is 37.8 Å². The maximum atomic E-state index is 12.7. The molecule has 146 valence electrons. The molecule has 4 nitrogen and oxygen atoms in total. The van der Waals surface area contributed by atoms with E-state index < -0.39 is 15.6 Å².